The Kier molecular flexibility index (Phi) is 2.97. The number of alkyl halides is 3. The third-order valence-electron chi connectivity index (χ3n) is 2.96. The number of nitrogens with zero attached hydrogens (tertiary/aromatic N) is 3. The number of hydrogen-bond acceptors (Lipinski definition) is 4. The van der Waals surface area contributed by atoms with Gasteiger partial charge in [0.1, 0.15) is 0 Å². The van der Waals surface area contributed by atoms with Crippen LogP contribution in [0.4, 0.5) is 19.1 Å². The summed E-state index contributed by atoms with van der Waals surface area (Å²) in [5.41, 5.74) is 5.65. The SMILES string of the molecule is Nc1nc(-c2cccc3ncccc23)cc(C(F)(F)F)n1. The first-order valence-electron chi connectivity index (χ1n) is 6.01. The maximum Gasteiger partial charge on any atom is 0.433 e. The third-order valence-corrected chi connectivity index (χ3v) is 2.96. The summed E-state index contributed by atoms with van der Waals surface area (Å²) in [5.74, 6) is -0.416. The van der Waals surface area contributed by atoms with Crippen LogP contribution in [0.2, 0.25) is 0 Å². The molecule has 2 aromatic heterocycles. The van der Waals surface area contributed by atoms with Crippen molar-refractivity contribution in [3.63, 3.8) is 0 Å². The molecule has 3 rings (SSSR count). The number of aromatic nitrogens is 3. The van der Waals surface area contributed by atoms with Gasteiger partial charge in [0.15, 0.2) is 5.69 Å². The van der Waals surface area contributed by atoms with Gasteiger partial charge in [-0.2, -0.15) is 13.2 Å². The predicted molar refractivity (Wildman–Crippen MR) is 72.2 cm³/mol. The zero-order valence-electron chi connectivity index (χ0n) is 10.6. The molecule has 1 aromatic carbocycles. The van der Waals surface area contributed by atoms with Gasteiger partial charge < -0.3 is 5.73 Å². The lowest BCUT2D eigenvalue weighted by atomic mass is 10.0. The Hall–Kier alpha value is -2.70. The van der Waals surface area contributed by atoms with E-state index >= 15 is 0 Å². The van der Waals surface area contributed by atoms with Gasteiger partial charge in [0.2, 0.25) is 5.95 Å². The third kappa shape index (κ3) is 2.49. The molecule has 0 radical (unpaired) electrons. The molecule has 0 spiro atoms. The molecule has 21 heavy (non-hydrogen) atoms. The molecular weight excluding hydrogens is 281 g/mol. The largest absolute Gasteiger partial charge is 0.433 e. The average Bonchev–Trinajstić information content (AvgIpc) is 2.45. The smallest absolute Gasteiger partial charge is 0.368 e. The number of halogens is 3. The van der Waals surface area contributed by atoms with Crippen LogP contribution in [0.25, 0.3) is 22.2 Å². The first-order valence-corrected chi connectivity index (χ1v) is 6.01. The van der Waals surface area contributed by atoms with Crippen molar-refractivity contribution < 1.29 is 13.2 Å². The molecule has 7 heteroatoms. The van der Waals surface area contributed by atoms with E-state index in [-0.39, 0.29) is 5.69 Å². The number of anilines is 1. The van der Waals surface area contributed by atoms with E-state index in [1.165, 1.54) is 0 Å². The summed E-state index contributed by atoms with van der Waals surface area (Å²) in [6, 6.07) is 9.51. The fraction of sp³-hybridized carbons (Fsp3) is 0.0714. The molecule has 0 bridgehead atoms. The summed E-state index contributed by atoms with van der Waals surface area (Å²) in [6.07, 6.45) is -2.96. The number of nitrogens with two attached hydrogens (primary N) is 1. The lowest BCUT2D eigenvalue weighted by molar-refractivity contribution is -0.141. The van der Waals surface area contributed by atoms with Crippen molar-refractivity contribution in [3.05, 3.63) is 48.3 Å². The Morgan fingerprint density at radius 1 is 1.00 bits per heavy atom. The van der Waals surface area contributed by atoms with Crippen LogP contribution in [0.5, 0.6) is 0 Å². The zero-order valence-corrected chi connectivity index (χ0v) is 10.6. The van der Waals surface area contributed by atoms with Gasteiger partial charge in [-0.05, 0) is 18.2 Å². The zero-order chi connectivity index (χ0) is 15.0. The van der Waals surface area contributed by atoms with Crippen molar-refractivity contribution in [2.24, 2.45) is 0 Å². The maximum atomic E-state index is 12.8. The Labute approximate surface area is 117 Å². The van der Waals surface area contributed by atoms with Gasteiger partial charge in [0.05, 0.1) is 11.2 Å². The lowest BCUT2D eigenvalue weighted by Crippen LogP contribution is -2.11. The highest BCUT2D eigenvalue weighted by molar-refractivity contribution is 5.93. The second-order valence-corrected chi connectivity index (χ2v) is 4.37. The molecule has 4 nitrogen and oxygen atoms in total. The van der Waals surface area contributed by atoms with E-state index in [0.29, 0.717) is 16.5 Å². The molecule has 0 aliphatic heterocycles. The Morgan fingerprint density at radius 3 is 2.57 bits per heavy atom. The average molecular weight is 290 g/mol. The second kappa shape index (κ2) is 4.69. The molecule has 0 saturated heterocycles. The van der Waals surface area contributed by atoms with Crippen LogP contribution >= 0.6 is 0 Å². The number of benzene rings is 1. The number of fused-ring (bicyclic) bond motifs is 1. The van der Waals surface area contributed by atoms with Gasteiger partial charge in [-0.15, -0.1) is 0 Å². The van der Waals surface area contributed by atoms with Gasteiger partial charge in [-0.1, -0.05) is 18.2 Å². The minimum atomic E-state index is -4.57. The maximum absolute atomic E-state index is 12.8. The van der Waals surface area contributed by atoms with E-state index in [2.05, 4.69) is 15.0 Å². The molecule has 0 amide bonds. The topological polar surface area (TPSA) is 64.7 Å². The van der Waals surface area contributed by atoms with Crippen LogP contribution < -0.4 is 5.73 Å². The molecule has 2 heterocycles. The quantitative estimate of drug-likeness (QED) is 0.747. The van der Waals surface area contributed by atoms with Crippen LogP contribution in [0.1, 0.15) is 5.69 Å². The van der Waals surface area contributed by atoms with Crippen LogP contribution in [0, 0.1) is 0 Å². The number of hydrogen-bond donors (Lipinski definition) is 1. The van der Waals surface area contributed by atoms with Crippen molar-refractivity contribution in [2.45, 2.75) is 6.18 Å². The summed E-state index contributed by atoms with van der Waals surface area (Å²) in [6.45, 7) is 0. The number of pyridine rings is 1. The highest BCUT2D eigenvalue weighted by atomic mass is 19.4. The van der Waals surface area contributed by atoms with Gasteiger partial charge in [-0.25, -0.2) is 9.97 Å². The Morgan fingerprint density at radius 2 is 1.81 bits per heavy atom. The van der Waals surface area contributed by atoms with Crippen molar-refractivity contribution in [2.75, 3.05) is 5.73 Å². The normalized spacial score (nSPS) is 11.8. The molecular formula is C14H9F3N4. The van der Waals surface area contributed by atoms with E-state index in [1.54, 1.807) is 36.5 Å². The molecule has 0 aliphatic rings. The monoisotopic (exact) mass is 290 g/mol. The van der Waals surface area contributed by atoms with E-state index in [1.807, 2.05) is 0 Å². The highest BCUT2D eigenvalue weighted by Crippen LogP contribution is 2.32. The summed E-state index contributed by atoms with van der Waals surface area (Å²) < 4.78 is 38.5. The van der Waals surface area contributed by atoms with E-state index in [9.17, 15) is 13.2 Å². The molecule has 2 N–H and O–H groups in total. The fourth-order valence-corrected chi connectivity index (χ4v) is 2.08. The van der Waals surface area contributed by atoms with E-state index in [0.717, 1.165) is 6.07 Å². The minimum Gasteiger partial charge on any atom is -0.368 e. The number of rotatable bonds is 1. The summed E-state index contributed by atoms with van der Waals surface area (Å²) in [7, 11) is 0. The fourth-order valence-electron chi connectivity index (χ4n) is 2.08. The molecule has 0 unspecified atom stereocenters. The molecule has 0 saturated carbocycles. The predicted octanol–water partition coefficient (Wildman–Crippen LogP) is 3.29. The molecule has 3 aromatic rings. The van der Waals surface area contributed by atoms with Crippen LogP contribution in [0.15, 0.2) is 42.6 Å². The first kappa shape index (κ1) is 13.3. The molecule has 0 fully saturated rings. The van der Waals surface area contributed by atoms with Gasteiger partial charge >= 0.3 is 6.18 Å². The van der Waals surface area contributed by atoms with Crippen LogP contribution in [0.3, 0.4) is 0 Å². The van der Waals surface area contributed by atoms with E-state index < -0.39 is 17.8 Å². The number of nitrogen functional groups attached to an aromatic ring is 1. The lowest BCUT2D eigenvalue weighted by Gasteiger charge is -2.10. The molecule has 106 valence electrons. The van der Waals surface area contributed by atoms with Crippen molar-refractivity contribution in [3.8, 4) is 11.3 Å². The molecule has 0 aliphatic carbocycles. The highest BCUT2D eigenvalue weighted by Gasteiger charge is 2.33. The Bertz CT molecular complexity index is 809. The van der Waals surface area contributed by atoms with Crippen molar-refractivity contribution >= 4 is 16.9 Å². The van der Waals surface area contributed by atoms with Gasteiger partial charge in [-0.3, -0.25) is 4.98 Å². The van der Waals surface area contributed by atoms with Gasteiger partial charge in [0.25, 0.3) is 0 Å². The van der Waals surface area contributed by atoms with Crippen LogP contribution in [-0.2, 0) is 6.18 Å². The van der Waals surface area contributed by atoms with E-state index in [4.69, 9.17) is 5.73 Å². The second-order valence-electron chi connectivity index (χ2n) is 4.37. The summed E-state index contributed by atoms with van der Waals surface area (Å²) >= 11 is 0. The van der Waals surface area contributed by atoms with Crippen molar-refractivity contribution in [1.82, 2.24) is 15.0 Å². The van der Waals surface area contributed by atoms with Crippen molar-refractivity contribution in [1.29, 1.82) is 0 Å². The first-order chi connectivity index (χ1) is 9.95. The molecule has 0 atom stereocenters. The van der Waals surface area contributed by atoms with Crippen LogP contribution in [-0.4, -0.2) is 15.0 Å². The Balaban J connectivity index is 2.26. The summed E-state index contributed by atoms with van der Waals surface area (Å²) in [4.78, 5) is 11.3. The minimum absolute atomic E-state index is 0.119. The van der Waals surface area contributed by atoms with Gasteiger partial charge in [0, 0.05) is 17.1 Å². The summed E-state index contributed by atoms with van der Waals surface area (Å²) in [5, 5.41) is 0.700. The standard InChI is InChI=1S/C14H9F3N4/c15-14(16,17)12-7-11(20-13(18)21-12)9-3-1-5-10-8(9)4-2-6-19-10/h1-7H,(H2,18,20,21).